The predicted octanol–water partition coefficient (Wildman–Crippen LogP) is 4.83. The summed E-state index contributed by atoms with van der Waals surface area (Å²) in [5.74, 6) is -0.325. The second-order valence-corrected chi connectivity index (χ2v) is 11.6. The van der Waals surface area contributed by atoms with E-state index in [0.717, 1.165) is 29.5 Å². The third-order valence-corrected chi connectivity index (χ3v) is 7.80. The highest BCUT2D eigenvalue weighted by molar-refractivity contribution is 7.92. The van der Waals surface area contributed by atoms with Crippen molar-refractivity contribution in [3.63, 3.8) is 0 Å². The summed E-state index contributed by atoms with van der Waals surface area (Å²) in [5.41, 5.74) is 3.75. The Labute approximate surface area is 223 Å². The van der Waals surface area contributed by atoms with E-state index in [-0.39, 0.29) is 30.8 Å². The van der Waals surface area contributed by atoms with Gasteiger partial charge >= 0.3 is 0 Å². The Bertz CT molecular complexity index is 1130. The van der Waals surface area contributed by atoms with Crippen LogP contribution in [0.5, 0.6) is 0 Å². The van der Waals surface area contributed by atoms with E-state index in [1.165, 1.54) is 10.6 Å². The van der Waals surface area contributed by atoms with Crippen LogP contribution in [0.3, 0.4) is 0 Å². The third kappa shape index (κ3) is 9.18. The van der Waals surface area contributed by atoms with Gasteiger partial charge in [-0.05, 0) is 62.8 Å². The number of aryl methyl sites for hydroxylation is 2. The maximum atomic E-state index is 13.5. The van der Waals surface area contributed by atoms with Gasteiger partial charge in [0.05, 0.1) is 11.9 Å². The van der Waals surface area contributed by atoms with Crippen LogP contribution in [0, 0.1) is 6.92 Å². The molecule has 2 aromatic carbocycles. The minimum absolute atomic E-state index is 0.0138. The lowest BCUT2D eigenvalue weighted by Crippen LogP contribution is -2.50. The van der Waals surface area contributed by atoms with E-state index in [1.54, 1.807) is 17.0 Å². The minimum Gasteiger partial charge on any atom is -0.352 e. The van der Waals surface area contributed by atoms with Crippen molar-refractivity contribution >= 4 is 27.5 Å². The summed E-state index contributed by atoms with van der Waals surface area (Å²) in [7, 11) is -3.52. The second kappa shape index (κ2) is 14.2. The normalized spacial score (nSPS) is 13.0. The monoisotopic (exact) mass is 529 g/mol. The van der Waals surface area contributed by atoms with Crippen molar-refractivity contribution in [2.75, 3.05) is 17.1 Å². The summed E-state index contributed by atoms with van der Waals surface area (Å²) in [6.07, 6.45) is 3.81. The fourth-order valence-electron chi connectivity index (χ4n) is 4.27. The Balaban J connectivity index is 2.22. The Morgan fingerprint density at radius 2 is 1.65 bits per heavy atom. The molecule has 2 unspecified atom stereocenters. The molecule has 0 heterocycles. The number of anilines is 1. The van der Waals surface area contributed by atoms with Gasteiger partial charge < -0.3 is 10.2 Å². The minimum atomic E-state index is -3.52. The zero-order valence-corrected chi connectivity index (χ0v) is 24.0. The molecule has 0 fully saturated rings. The van der Waals surface area contributed by atoms with Crippen LogP contribution >= 0.6 is 0 Å². The molecular weight excluding hydrogens is 486 g/mol. The molecule has 0 bridgehead atoms. The maximum absolute atomic E-state index is 13.5. The van der Waals surface area contributed by atoms with Crippen LogP contribution in [-0.4, -0.2) is 50.0 Å². The first-order chi connectivity index (χ1) is 17.5. The second-order valence-electron chi connectivity index (χ2n) is 9.71. The number of carbonyl (C=O) groups excluding carboxylic acids is 2. The summed E-state index contributed by atoms with van der Waals surface area (Å²) in [6.45, 7) is 10.4. The van der Waals surface area contributed by atoms with Crippen molar-refractivity contribution in [2.24, 2.45) is 0 Å². The number of carbonyl (C=O) groups is 2. The Kier molecular flexibility index (Phi) is 11.6. The molecule has 0 aliphatic carbocycles. The Morgan fingerprint density at radius 3 is 2.19 bits per heavy atom. The molecule has 8 heteroatoms. The highest BCUT2D eigenvalue weighted by Gasteiger charge is 2.29. The van der Waals surface area contributed by atoms with Gasteiger partial charge in [-0.15, -0.1) is 0 Å². The number of nitrogens with one attached hydrogen (secondary N) is 1. The smallest absolute Gasteiger partial charge is 0.243 e. The summed E-state index contributed by atoms with van der Waals surface area (Å²) in [6, 6.07) is 14.8. The Hall–Kier alpha value is -2.87. The fraction of sp³-hybridized carbons (Fsp3) is 0.517. The molecule has 0 saturated carbocycles. The molecule has 1 N–H and O–H groups in total. The molecule has 0 spiro atoms. The molecule has 2 amide bonds. The van der Waals surface area contributed by atoms with Gasteiger partial charge in [-0.1, -0.05) is 62.7 Å². The molecule has 2 atom stereocenters. The van der Waals surface area contributed by atoms with Crippen LogP contribution in [-0.2, 0) is 32.6 Å². The Morgan fingerprint density at radius 1 is 0.973 bits per heavy atom. The molecule has 2 aromatic rings. The van der Waals surface area contributed by atoms with Crippen molar-refractivity contribution in [2.45, 2.75) is 85.4 Å². The van der Waals surface area contributed by atoms with Gasteiger partial charge in [0.1, 0.15) is 6.04 Å². The zero-order chi connectivity index (χ0) is 27.6. The van der Waals surface area contributed by atoms with Crippen molar-refractivity contribution < 1.29 is 18.0 Å². The van der Waals surface area contributed by atoms with Crippen molar-refractivity contribution in [3.8, 4) is 0 Å². The van der Waals surface area contributed by atoms with E-state index in [4.69, 9.17) is 0 Å². The van der Waals surface area contributed by atoms with Gasteiger partial charge in [-0.3, -0.25) is 13.9 Å². The van der Waals surface area contributed by atoms with Gasteiger partial charge in [-0.2, -0.15) is 0 Å². The van der Waals surface area contributed by atoms with Crippen LogP contribution in [0.1, 0.15) is 70.1 Å². The van der Waals surface area contributed by atoms with Gasteiger partial charge in [-0.25, -0.2) is 8.42 Å². The zero-order valence-electron chi connectivity index (χ0n) is 23.2. The molecule has 2 rings (SSSR count). The van der Waals surface area contributed by atoms with E-state index < -0.39 is 16.1 Å². The number of benzene rings is 2. The van der Waals surface area contributed by atoms with Crippen LogP contribution in [0.25, 0.3) is 0 Å². The quantitative estimate of drug-likeness (QED) is 0.380. The summed E-state index contributed by atoms with van der Waals surface area (Å²) in [4.78, 5) is 28.3. The summed E-state index contributed by atoms with van der Waals surface area (Å²) < 4.78 is 26.4. The highest BCUT2D eigenvalue weighted by Crippen LogP contribution is 2.21. The lowest BCUT2D eigenvalue weighted by Gasteiger charge is -2.32. The largest absolute Gasteiger partial charge is 0.352 e. The standard InChI is InChI=1S/C29H43N3O4S/c1-7-23(5)30-29(34)27(9-3)31(21-25-13-10-12-22(4)20-25)28(33)14-11-19-32(37(6,35)36)26-17-15-24(8-2)16-18-26/h10,12-13,15-18,20,23,27H,7-9,11,14,19,21H2,1-6H3,(H,30,34). The fourth-order valence-corrected chi connectivity index (χ4v) is 5.24. The highest BCUT2D eigenvalue weighted by atomic mass is 32.2. The first kappa shape index (κ1) is 30.4. The van der Waals surface area contributed by atoms with Crippen LogP contribution in [0.4, 0.5) is 5.69 Å². The average Bonchev–Trinajstić information content (AvgIpc) is 2.85. The molecule has 0 aliphatic rings. The molecule has 204 valence electrons. The van der Waals surface area contributed by atoms with E-state index in [2.05, 4.69) is 5.32 Å². The van der Waals surface area contributed by atoms with Gasteiger partial charge in [0.2, 0.25) is 21.8 Å². The lowest BCUT2D eigenvalue weighted by molar-refractivity contribution is -0.141. The molecule has 0 radical (unpaired) electrons. The van der Waals surface area contributed by atoms with E-state index >= 15 is 0 Å². The maximum Gasteiger partial charge on any atom is 0.243 e. The SMILES string of the molecule is CCc1ccc(N(CCCC(=O)N(Cc2cccc(C)c2)C(CC)C(=O)NC(C)CC)S(C)(=O)=O)cc1. The number of rotatable bonds is 14. The summed E-state index contributed by atoms with van der Waals surface area (Å²) >= 11 is 0. The number of amides is 2. The van der Waals surface area contributed by atoms with E-state index in [0.29, 0.717) is 25.1 Å². The third-order valence-electron chi connectivity index (χ3n) is 6.61. The summed E-state index contributed by atoms with van der Waals surface area (Å²) in [5, 5.41) is 3.02. The topological polar surface area (TPSA) is 86.8 Å². The van der Waals surface area contributed by atoms with E-state index in [1.807, 2.05) is 71.0 Å². The first-order valence-corrected chi connectivity index (χ1v) is 15.1. The lowest BCUT2D eigenvalue weighted by atomic mass is 10.1. The van der Waals surface area contributed by atoms with Crippen LogP contribution in [0.15, 0.2) is 48.5 Å². The molecular formula is C29H43N3O4S. The number of sulfonamides is 1. The number of hydrogen-bond donors (Lipinski definition) is 1. The number of nitrogens with zero attached hydrogens (tertiary/aromatic N) is 2. The molecule has 0 aliphatic heterocycles. The number of hydrogen-bond acceptors (Lipinski definition) is 4. The van der Waals surface area contributed by atoms with Gasteiger partial charge in [0.15, 0.2) is 0 Å². The predicted molar refractivity (Wildman–Crippen MR) is 151 cm³/mol. The van der Waals surface area contributed by atoms with Crippen LogP contribution < -0.4 is 9.62 Å². The van der Waals surface area contributed by atoms with Crippen LogP contribution in [0.2, 0.25) is 0 Å². The van der Waals surface area contributed by atoms with E-state index in [9.17, 15) is 18.0 Å². The average molecular weight is 530 g/mol. The molecule has 0 saturated heterocycles. The van der Waals surface area contributed by atoms with Gasteiger partial charge in [0.25, 0.3) is 0 Å². The van der Waals surface area contributed by atoms with Crippen molar-refractivity contribution in [3.05, 3.63) is 65.2 Å². The molecule has 0 aromatic heterocycles. The molecule has 7 nitrogen and oxygen atoms in total. The van der Waals surface area contributed by atoms with Gasteiger partial charge in [0, 0.05) is 25.6 Å². The van der Waals surface area contributed by atoms with Crippen molar-refractivity contribution in [1.82, 2.24) is 10.2 Å². The first-order valence-electron chi connectivity index (χ1n) is 13.2. The van der Waals surface area contributed by atoms with Crippen molar-refractivity contribution in [1.29, 1.82) is 0 Å². The molecule has 37 heavy (non-hydrogen) atoms.